The van der Waals surface area contributed by atoms with Crippen molar-refractivity contribution in [3.05, 3.63) is 34.9 Å². The summed E-state index contributed by atoms with van der Waals surface area (Å²) in [4.78, 5) is 12.5. The quantitative estimate of drug-likeness (QED) is 0.749. The van der Waals surface area contributed by atoms with Gasteiger partial charge in [-0.1, -0.05) is 18.2 Å². The second kappa shape index (κ2) is 4.85. The molecule has 2 nitrogen and oxygen atoms in total. The highest BCUT2D eigenvalue weighted by Gasteiger charge is 2.39. The van der Waals surface area contributed by atoms with Gasteiger partial charge >= 0.3 is 0 Å². The molecule has 1 heterocycles. The van der Waals surface area contributed by atoms with E-state index in [-0.39, 0.29) is 6.04 Å². The van der Waals surface area contributed by atoms with Crippen molar-refractivity contribution in [1.82, 2.24) is 0 Å². The van der Waals surface area contributed by atoms with E-state index >= 15 is 0 Å². The lowest BCUT2D eigenvalue weighted by Crippen LogP contribution is -2.48. The summed E-state index contributed by atoms with van der Waals surface area (Å²) >= 11 is 0. The summed E-state index contributed by atoms with van der Waals surface area (Å²) in [6, 6.07) is 6.46. The van der Waals surface area contributed by atoms with Crippen molar-refractivity contribution < 1.29 is 9.28 Å². The molecule has 1 atom stereocenters. The van der Waals surface area contributed by atoms with Gasteiger partial charge in [0.2, 0.25) is 0 Å². The second-order valence-corrected chi connectivity index (χ2v) is 6.17. The van der Waals surface area contributed by atoms with Gasteiger partial charge in [0.15, 0.2) is 5.78 Å². The maximum absolute atomic E-state index is 12.5. The Morgan fingerprint density at radius 1 is 1.28 bits per heavy atom. The first kappa shape index (κ1) is 13.3. The molecular formula is C16H24NO+. The number of rotatable bonds is 3. The number of aryl methyl sites for hydroxylation is 2. The zero-order chi connectivity index (χ0) is 13.3. The zero-order valence-corrected chi connectivity index (χ0v) is 12.0. The summed E-state index contributed by atoms with van der Waals surface area (Å²) in [5.41, 5.74) is 3.72. The van der Waals surface area contributed by atoms with Crippen LogP contribution in [-0.2, 0) is 11.2 Å². The molecular weight excluding hydrogens is 222 g/mol. The van der Waals surface area contributed by atoms with Crippen LogP contribution in [0.2, 0.25) is 0 Å². The molecule has 1 fully saturated rings. The van der Waals surface area contributed by atoms with Gasteiger partial charge in [0, 0.05) is 19.3 Å². The number of ketones is 1. The predicted molar refractivity (Wildman–Crippen MR) is 74.6 cm³/mol. The minimum absolute atomic E-state index is 0.198. The molecule has 98 valence electrons. The van der Waals surface area contributed by atoms with E-state index in [9.17, 15) is 4.79 Å². The lowest BCUT2D eigenvalue weighted by molar-refractivity contribution is -0.893. The van der Waals surface area contributed by atoms with E-state index in [1.54, 1.807) is 0 Å². The Bertz CT molecular complexity index is 442. The predicted octanol–water partition coefficient (Wildman–Crippen LogP) is 2.65. The number of quaternary nitrogens is 1. The van der Waals surface area contributed by atoms with Gasteiger partial charge in [0.1, 0.15) is 6.04 Å². The monoisotopic (exact) mass is 246 g/mol. The summed E-state index contributed by atoms with van der Waals surface area (Å²) < 4.78 is 0.865. The van der Waals surface area contributed by atoms with Gasteiger partial charge in [-0.3, -0.25) is 4.79 Å². The fourth-order valence-corrected chi connectivity index (χ4v) is 3.17. The molecule has 1 aliphatic rings. The average molecular weight is 246 g/mol. The molecule has 0 bridgehead atoms. The van der Waals surface area contributed by atoms with Crippen LogP contribution in [0.15, 0.2) is 18.2 Å². The van der Waals surface area contributed by atoms with Crippen LogP contribution in [0.4, 0.5) is 0 Å². The van der Waals surface area contributed by atoms with Crippen LogP contribution < -0.4 is 0 Å². The van der Waals surface area contributed by atoms with Gasteiger partial charge in [-0.25, -0.2) is 0 Å². The SMILES string of the molecule is Cc1cccc(C)c1CC(=O)C1CCC[N+]1(C)C. The third kappa shape index (κ3) is 2.49. The van der Waals surface area contributed by atoms with Crippen LogP contribution in [0, 0.1) is 13.8 Å². The Morgan fingerprint density at radius 3 is 2.39 bits per heavy atom. The minimum Gasteiger partial charge on any atom is -0.320 e. The van der Waals surface area contributed by atoms with Crippen LogP contribution in [0.3, 0.4) is 0 Å². The van der Waals surface area contributed by atoms with E-state index in [1.807, 2.05) is 0 Å². The summed E-state index contributed by atoms with van der Waals surface area (Å²) in [7, 11) is 4.36. The molecule has 0 radical (unpaired) electrons. The fourth-order valence-electron chi connectivity index (χ4n) is 3.17. The van der Waals surface area contributed by atoms with Crippen molar-refractivity contribution in [2.24, 2.45) is 0 Å². The van der Waals surface area contributed by atoms with Crippen LogP contribution in [0.25, 0.3) is 0 Å². The van der Waals surface area contributed by atoms with Crippen molar-refractivity contribution in [3.63, 3.8) is 0 Å². The van der Waals surface area contributed by atoms with E-state index in [2.05, 4.69) is 46.1 Å². The first-order valence-electron chi connectivity index (χ1n) is 6.82. The smallest absolute Gasteiger partial charge is 0.194 e. The molecule has 18 heavy (non-hydrogen) atoms. The van der Waals surface area contributed by atoms with Gasteiger partial charge in [0.05, 0.1) is 20.6 Å². The molecule has 0 spiro atoms. The van der Waals surface area contributed by atoms with E-state index in [0.29, 0.717) is 12.2 Å². The van der Waals surface area contributed by atoms with Crippen LogP contribution in [-0.4, -0.2) is 36.9 Å². The Morgan fingerprint density at radius 2 is 1.89 bits per heavy atom. The van der Waals surface area contributed by atoms with Crippen molar-refractivity contribution >= 4 is 5.78 Å². The number of likely N-dealkylation sites (tertiary alicyclic amines) is 1. The number of benzene rings is 1. The maximum Gasteiger partial charge on any atom is 0.194 e. The molecule has 1 aromatic carbocycles. The first-order valence-corrected chi connectivity index (χ1v) is 6.82. The number of likely N-dealkylation sites (N-methyl/N-ethyl adjacent to an activating group) is 1. The Hall–Kier alpha value is -1.15. The molecule has 2 rings (SSSR count). The van der Waals surface area contributed by atoms with E-state index < -0.39 is 0 Å². The standard InChI is InChI=1S/C16H24NO/c1-12-7-5-8-13(2)14(12)11-16(18)15-9-6-10-17(15,3)4/h5,7-8,15H,6,9-11H2,1-4H3/q+1. The van der Waals surface area contributed by atoms with E-state index in [1.165, 1.54) is 23.1 Å². The number of Topliss-reactive ketones (excluding diaryl/α,β-unsaturated/α-hetero) is 1. The van der Waals surface area contributed by atoms with Crippen molar-refractivity contribution in [2.75, 3.05) is 20.6 Å². The van der Waals surface area contributed by atoms with Crippen LogP contribution in [0.5, 0.6) is 0 Å². The minimum atomic E-state index is 0.198. The zero-order valence-electron chi connectivity index (χ0n) is 12.0. The van der Waals surface area contributed by atoms with Gasteiger partial charge in [-0.15, -0.1) is 0 Å². The Kier molecular flexibility index (Phi) is 3.58. The topological polar surface area (TPSA) is 17.1 Å². The molecule has 1 unspecified atom stereocenters. The molecule has 1 saturated heterocycles. The van der Waals surface area contributed by atoms with Gasteiger partial charge in [-0.05, 0) is 30.5 Å². The number of hydrogen-bond donors (Lipinski definition) is 0. The summed E-state index contributed by atoms with van der Waals surface area (Å²) in [5, 5.41) is 0. The number of carbonyl (C=O) groups excluding carboxylic acids is 1. The van der Waals surface area contributed by atoms with Crippen LogP contribution >= 0.6 is 0 Å². The molecule has 0 aliphatic carbocycles. The van der Waals surface area contributed by atoms with Crippen molar-refractivity contribution in [1.29, 1.82) is 0 Å². The van der Waals surface area contributed by atoms with E-state index in [0.717, 1.165) is 17.4 Å². The molecule has 0 saturated carbocycles. The molecule has 0 aromatic heterocycles. The summed E-state index contributed by atoms with van der Waals surface area (Å²) in [6.45, 7) is 5.33. The lowest BCUT2D eigenvalue weighted by atomic mass is 9.94. The normalized spacial score (nSPS) is 22.1. The lowest BCUT2D eigenvalue weighted by Gasteiger charge is -2.30. The highest BCUT2D eigenvalue weighted by molar-refractivity contribution is 5.85. The van der Waals surface area contributed by atoms with Gasteiger partial charge in [0.25, 0.3) is 0 Å². The highest BCUT2D eigenvalue weighted by atomic mass is 16.1. The van der Waals surface area contributed by atoms with E-state index in [4.69, 9.17) is 0 Å². The summed E-state index contributed by atoms with van der Waals surface area (Å²) in [6.07, 6.45) is 2.83. The maximum atomic E-state index is 12.5. The Labute approximate surface area is 110 Å². The molecule has 2 heteroatoms. The highest BCUT2D eigenvalue weighted by Crippen LogP contribution is 2.25. The molecule has 1 aromatic rings. The van der Waals surface area contributed by atoms with Gasteiger partial charge < -0.3 is 4.48 Å². The summed E-state index contributed by atoms with van der Waals surface area (Å²) in [5.74, 6) is 0.412. The number of carbonyl (C=O) groups is 1. The second-order valence-electron chi connectivity index (χ2n) is 6.17. The Balaban J connectivity index is 2.17. The fraction of sp³-hybridized carbons (Fsp3) is 0.562. The molecule has 0 amide bonds. The van der Waals surface area contributed by atoms with Crippen molar-refractivity contribution in [3.8, 4) is 0 Å². The third-order valence-corrected chi connectivity index (χ3v) is 4.42. The van der Waals surface area contributed by atoms with Gasteiger partial charge in [-0.2, -0.15) is 0 Å². The van der Waals surface area contributed by atoms with Crippen molar-refractivity contribution in [2.45, 2.75) is 39.2 Å². The number of hydrogen-bond acceptors (Lipinski definition) is 1. The number of nitrogens with zero attached hydrogens (tertiary/aromatic N) is 1. The first-order chi connectivity index (χ1) is 8.42. The largest absolute Gasteiger partial charge is 0.320 e. The third-order valence-electron chi connectivity index (χ3n) is 4.42. The molecule has 0 N–H and O–H groups in total. The van der Waals surface area contributed by atoms with Crippen LogP contribution in [0.1, 0.15) is 29.5 Å². The molecule has 1 aliphatic heterocycles. The average Bonchev–Trinajstić information content (AvgIpc) is 2.63.